The second-order valence-corrected chi connectivity index (χ2v) is 4.78. The number of ketones is 1. The minimum atomic E-state index is -1.63. The maximum Gasteiger partial charge on any atom is 0.251 e. The first kappa shape index (κ1) is 15.6. The Balaban J connectivity index is 2.32. The van der Waals surface area contributed by atoms with Gasteiger partial charge in [0.2, 0.25) is 0 Å². The first-order valence-corrected chi connectivity index (χ1v) is 6.47. The van der Waals surface area contributed by atoms with Crippen LogP contribution in [0.3, 0.4) is 0 Å². The van der Waals surface area contributed by atoms with Crippen molar-refractivity contribution in [2.75, 3.05) is 13.7 Å². The van der Waals surface area contributed by atoms with E-state index >= 15 is 0 Å². The highest BCUT2D eigenvalue weighted by Crippen LogP contribution is 2.29. The second kappa shape index (κ2) is 6.31. The summed E-state index contributed by atoms with van der Waals surface area (Å²) in [5.74, 6) is -1.03. The number of carbonyl (C=O) groups excluding carboxylic acids is 2. The summed E-state index contributed by atoms with van der Waals surface area (Å²) >= 11 is 0. The number of ether oxygens (including phenoxy) is 1. The van der Waals surface area contributed by atoms with E-state index in [1.165, 1.54) is 13.1 Å². The van der Waals surface area contributed by atoms with E-state index in [1.54, 1.807) is 18.2 Å². The molecule has 21 heavy (non-hydrogen) atoms. The largest absolute Gasteiger partial charge is 0.394 e. The predicted octanol–water partition coefficient (Wildman–Crippen LogP) is -1.23. The lowest BCUT2D eigenvalue weighted by Crippen LogP contribution is -2.53. The average Bonchev–Trinajstić information content (AvgIpc) is 2.52. The molecule has 1 aliphatic rings. The number of hydrogen-bond donors (Lipinski definition) is 4. The summed E-state index contributed by atoms with van der Waals surface area (Å²) in [6, 6.07) is 6.21. The fourth-order valence-corrected chi connectivity index (χ4v) is 2.23. The standard InChI is InChI=1S/C14H17NO6/c1-15-14(20)8-4-2-3-7(5-8)13-12(19)11(18)10(17)9(6-16)21-13/h2-5,9-11,13,16-18H,6H2,1H3,(H,15,20). The predicted molar refractivity (Wildman–Crippen MR) is 71.6 cm³/mol. The van der Waals surface area contributed by atoms with Gasteiger partial charge in [0, 0.05) is 12.6 Å². The molecule has 0 bridgehead atoms. The maximum atomic E-state index is 12.0. The van der Waals surface area contributed by atoms with E-state index in [-0.39, 0.29) is 5.91 Å². The first-order valence-electron chi connectivity index (χ1n) is 6.47. The Hall–Kier alpha value is -1.80. The van der Waals surface area contributed by atoms with Crippen LogP contribution in [0.4, 0.5) is 0 Å². The molecular formula is C14H17NO6. The number of aliphatic hydroxyl groups is 3. The van der Waals surface area contributed by atoms with Crippen LogP contribution >= 0.6 is 0 Å². The van der Waals surface area contributed by atoms with Gasteiger partial charge in [-0.25, -0.2) is 0 Å². The maximum absolute atomic E-state index is 12.0. The molecule has 1 aromatic carbocycles. The van der Waals surface area contributed by atoms with Gasteiger partial charge < -0.3 is 25.4 Å². The van der Waals surface area contributed by atoms with Gasteiger partial charge in [0.25, 0.3) is 5.91 Å². The fraction of sp³-hybridized carbons (Fsp3) is 0.429. The van der Waals surface area contributed by atoms with E-state index < -0.39 is 36.8 Å². The Kier molecular flexibility index (Phi) is 4.69. The van der Waals surface area contributed by atoms with Gasteiger partial charge in [0.05, 0.1) is 6.61 Å². The summed E-state index contributed by atoms with van der Waals surface area (Å²) in [6.45, 7) is -0.531. The topological polar surface area (TPSA) is 116 Å². The molecule has 1 aliphatic heterocycles. The highest BCUT2D eigenvalue weighted by atomic mass is 16.5. The summed E-state index contributed by atoms with van der Waals surface area (Å²) in [5, 5.41) is 31.0. The quantitative estimate of drug-likeness (QED) is 0.555. The summed E-state index contributed by atoms with van der Waals surface area (Å²) in [6.07, 6.45) is -5.30. The van der Waals surface area contributed by atoms with E-state index in [9.17, 15) is 19.8 Å². The molecule has 4 N–H and O–H groups in total. The first-order chi connectivity index (χ1) is 9.99. The Morgan fingerprint density at radius 2 is 2.10 bits per heavy atom. The van der Waals surface area contributed by atoms with Crippen LogP contribution in [0.5, 0.6) is 0 Å². The van der Waals surface area contributed by atoms with Crippen LogP contribution in [0.25, 0.3) is 0 Å². The number of benzene rings is 1. The Labute approximate surface area is 121 Å². The third-order valence-electron chi connectivity index (χ3n) is 3.42. The zero-order valence-electron chi connectivity index (χ0n) is 11.4. The number of aliphatic hydroxyl groups excluding tert-OH is 3. The summed E-state index contributed by atoms with van der Waals surface area (Å²) in [5.41, 5.74) is 0.720. The molecule has 0 saturated carbocycles. The van der Waals surface area contributed by atoms with Crippen LogP contribution in [0.15, 0.2) is 24.3 Å². The van der Waals surface area contributed by atoms with Gasteiger partial charge >= 0.3 is 0 Å². The molecule has 4 atom stereocenters. The van der Waals surface area contributed by atoms with Crippen LogP contribution in [-0.4, -0.2) is 59.0 Å². The van der Waals surface area contributed by atoms with Crippen molar-refractivity contribution in [3.05, 3.63) is 35.4 Å². The van der Waals surface area contributed by atoms with Gasteiger partial charge in [-0.2, -0.15) is 0 Å². The number of rotatable bonds is 3. The lowest BCUT2D eigenvalue weighted by Gasteiger charge is -2.35. The second-order valence-electron chi connectivity index (χ2n) is 4.78. The summed E-state index contributed by atoms with van der Waals surface area (Å²) in [7, 11) is 1.49. The number of Topliss-reactive ketones (excluding diaryl/α,β-unsaturated/α-hetero) is 1. The van der Waals surface area contributed by atoms with Crippen molar-refractivity contribution in [1.29, 1.82) is 0 Å². The number of hydrogen-bond acceptors (Lipinski definition) is 6. The molecule has 7 heteroatoms. The Bertz CT molecular complexity index is 546. The van der Waals surface area contributed by atoms with Gasteiger partial charge in [0.15, 0.2) is 5.78 Å². The van der Waals surface area contributed by atoms with E-state index in [2.05, 4.69) is 5.32 Å². The van der Waals surface area contributed by atoms with Crippen LogP contribution in [0.1, 0.15) is 22.0 Å². The van der Waals surface area contributed by atoms with E-state index in [0.29, 0.717) is 11.1 Å². The highest BCUT2D eigenvalue weighted by molar-refractivity contribution is 5.95. The summed E-state index contributed by atoms with van der Waals surface area (Å²) in [4.78, 5) is 23.6. The smallest absolute Gasteiger partial charge is 0.251 e. The van der Waals surface area contributed by atoms with Crippen LogP contribution < -0.4 is 5.32 Å². The van der Waals surface area contributed by atoms with Gasteiger partial charge in [-0.3, -0.25) is 9.59 Å². The molecular weight excluding hydrogens is 278 g/mol. The lowest BCUT2D eigenvalue weighted by atomic mass is 9.92. The van der Waals surface area contributed by atoms with Crippen molar-refractivity contribution >= 4 is 11.7 Å². The van der Waals surface area contributed by atoms with Crippen LogP contribution in [0.2, 0.25) is 0 Å². The minimum Gasteiger partial charge on any atom is -0.394 e. The number of amides is 1. The molecule has 0 aromatic heterocycles. The molecule has 7 nitrogen and oxygen atoms in total. The molecule has 1 aromatic rings. The molecule has 1 heterocycles. The van der Waals surface area contributed by atoms with E-state index in [4.69, 9.17) is 9.84 Å². The monoisotopic (exact) mass is 295 g/mol. The third kappa shape index (κ3) is 2.96. The van der Waals surface area contributed by atoms with Crippen molar-refractivity contribution in [1.82, 2.24) is 5.32 Å². The Morgan fingerprint density at radius 1 is 1.38 bits per heavy atom. The number of carbonyl (C=O) groups is 2. The molecule has 0 radical (unpaired) electrons. The van der Waals surface area contributed by atoms with Crippen molar-refractivity contribution < 1.29 is 29.6 Å². The molecule has 1 saturated heterocycles. The van der Waals surface area contributed by atoms with Crippen molar-refractivity contribution in [3.8, 4) is 0 Å². The molecule has 1 fully saturated rings. The SMILES string of the molecule is CNC(=O)c1cccc(C2OC(CO)C(O)C(O)C2=O)c1. The van der Waals surface area contributed by atoms with E-state index in [1.807, 2.05) is 0 Å². The zero-order chi connectivity index (χ0) is 15.6. The number of nitrogens with one attached hydrogen (secondary N) is 1. The zero-order valence-corrected chi connectivity index (χ0v) is 11.4. The van der Waals surface area contributed by atoms with Crippen LogP contribution in [-0.2, 0) is 9.53 Å². The molecule has 114 valence electrons. The van der Waals surface area contributed by atoms with Gasteiger partial charge in [-0.1, -0.05) is 12.1 Å². The molecule has 0 aliphatic carbocycles. The molecule has 1 amide bonds. The van der Waals surface area contributed by atoms with E-state index in [0.717, 1.165) is 0 Å². The van der Waals surface area contributed by atoms with Crippen molar-refractivity contribution in [3.63, 3.8) is 0 Å². The van der Waals surface area contributed by atoms with Crippen molar-refractivity contribution in [2.45, 2.75) is 24.4 Å². The Morgan fingerprint density at radius 3 is 2.71 bits per heavy atom. The normalized spacial score (nSPS) is 29.2. The summed E-state index contributed by atoms with van der Waals surface area (Å²) < 4.78 is 5.34. The van der Waals surface area contributed by atoms with Crippen molar-refractivity contribution in [2.24, 2.45) is 0 Å². The average molecular weight is 295 g/mol. The molecule has 0 spiro atoms. The third-order valence-corrected chi connectivity index (χ3v) is 3.42. The lowest BCUT2D eigenvalue weighted by molar-refractivity contribution is -0.189. The molecule has 4 unspecified atom stereocenters. The van der Waals surface area contributed by atoms with Gasteiger partial charge in [0.1, 0.15) is 24.4 Å². The minimum absolute atomic E-state index is 0.320. The fourth-order valence-electron chi connectivity index (χ4n) is 2.23. The molecule has 2 rings (SSSR count). The van der Waals surface area contributed by atoms with Crippen LogP contribution in [0, 0.1) is 0 Å². The highest BCUT2D eigenvalue weighted by Gasteiger charge is 2.43. The van der Waals surface area contributed by atoms with Gasteiger partial charge in [-0.15, -0.1) is 0 Å². The van der Waals surface area contributed by atoms with Gasteiger partial charge in [-0.05, 0) is 17.7 Å².